The zero-order valence-corrected chi connectivity index (χ0v) is 22.0. The lowest BCUT2D eigenvalue weighted by Gasteiger charge is -2.38. The lowest BCUT2D eigenvalue weighted by molar-refractivity contribution is -0.138. The molecular weight excluding hydrogens is 500 g/mol. The summed E-state index contributed by atoms with van der Waals surface area (Å²) in [5.41, 5.74) is 9.37. The van der Waals surface area contributed by atoms with Crippen molar-refractivity contribution in [3.8, 4) is 11.5 Å². The van der Waals surface area contributed by atoms with Gasteiger partial charge in [-0.2, -0.15) is 0 Å². The third-order valence-electron chi connectivity index (χ3n) is 7.72. The van der Waals surface area contributed by atoms with E-state index < -0.39 is 0 Å². The highest BCUT2D eigenvalue weighted by molar-refractivity contribution is 6.31. The van der Waals surface area contributed by atoms with E-state index in [0.717, 1.165) is 81.1 Å². The van der Waals surface area contributed by atoms with Crippen molar-refractivity contribution in [3.63, 3.8) is 0 Å². The number of hydrogen-bond acceptors (Lipinski definition) is 7. The maximum absolute atomic E-state index is 13.4. The number of pyridine rings is 3. The number of carbonyl (C=O) groups is 1. The molecule has 0 radical (unpaired) electrons. The van der Waals surface area contributed by atoms with Crippen LogP contribution >= 0.6 is 11.6 Å². The first kappa shape index (κ1) is 24.8. The van der Waals surface area contributed by atoms with E-state index in [0.29, 0.717) is 16.7 Å². The summed E-state index contributed by atoms with van der Waals surface area (Å²) in [6.45, 7) is 4.13. The third kappa shape index (κ3) is 5.08. The van der Waals surface area contributed by atoms with Crippen molar-refractivity contribution >= 4 is 34.5 Å². The minimum Gasteiger partial charge on any atom is -0.384 e. The molecule has 4 aromatic rings. The quantitative estimate of drug-likeness (QED) is 0.412. The van der Waals surface area contributed by atoms with Gasteiger partial charge in [-0.15, -0.1) is 0 Å². The Morgan fingerprint density at radius 3 is 2.53 bits per heavy atom. The molecule has 10 heteroatoms. The molecule has 0 aliphatic carbocycles. The molecule has 0 unspecified atom stereocenters. The van der Waals surface area contributed by atoms with Gasteiger partial charge in [0.15, 0.2) is 11.5 Å². The van der Waals surface area contributed by atoms with Gasteiger partial charge in [0.2, 0.25) is 5.91 Å². The number of piperidine rings is 2. The Bertz CT molecular complexity index is 1430. The smallest absolute Gasteiger partial charge is 0.225 e. The van der Waals surface area contributed by atoms with Crippen LogP contribution in [0.4, 0.5) is 5.82 Å². The number of anilines is 1. The van der Waals surface area contributed by atoms with Gasteiger partial charge in [-0.3, -0.25) is 14.7 Å². The number of likely N-dealkylation sites (tertiary alicyclic amines) is 2. The van der Waals surface area contributed by atoms with Gasteiger partial charge in [-0.05, 0) is 74.7 Å². The van der Waals surface area contributed by atoms with E-state index in [4.69, 9.17) is 22.3 Å². The number of nitrogens with zero attached hydrogens (tertiary/aromatic N) is 7. The average molecular weight is 531 g/mol. The maximum atomic E-state index is 13.4. The van der Waals surface area contributed by atoms with Crippen molar-refractivity contribution in [2.24, 2.45) is 5.92 Å². The van der Waals surface area contributed by atoms with Crippen LogP contribution in [0.2, 0.25) is 5.02 Å². The molecule has 196 valence electrons. The van der Waals surface area contributed by atoms with E-state index >= 15 is 0 Å². The number of hydrogen-bond donors (Lipinski definition) is 1. The van der Waals surface area contributed by atoms with Crippen molar-refractivity contribution < 1.29 is 4.79 Å². The van der Waals surface area contributed by atoms with E-state index in [1.54, 1.807) is 18.6 Å². The summed E-state index contributed by atoms with van der Waals surface area (Å²) >= 11 is 6.21. The number of carbonyl (C=O) groups excluding carboxylic acids is 1. The van der Waals surface area contributed by atoms with Crippen LogP contribution in [-0.4, -0.2) is 66.4 Å². The third-order valence-corrected chi connectivity index (χ3v) is 7.93. The highest BCUT2D eigenvalue weighted by Gasteiger charge is 2.32. The monoisotopic (exact) mass is 530 g/mol. The minimum absolute atomic E-state index is 0.0901. The van der Waals surface area contributed by atoms with Gasteiger partial charge in [-0.25, -0.2) is 15.0 Å². The second-order valence-electron chi connectivity index (χ2n) is 10.2. The van der Waals surface area contributed by atoms with Gasteiger partial charge in [0, 0.05) is 50.2 Å². The van der Waals surface area contributed by atoms with E-state index in [2.05, 4.69) is 29.3 Å². The normalized spacial score (nSPS) is 17.8. The van der Waals surface area contributed by atoms with E-state index in [-0.39, 0.29) is 12.0 Å². The number of nitrogens with two attached hydrogens (primary N) is 1. The van der Waals surface area contributed by atoms with Crippen molar-refractivity contribution in [2.75, 3.05) is 31.9 Å². The summed E-state index contributed by atoms with van der Waals surface area (Å²) < 4.78 is 2.19. The predicted molar refractivity (Wildman–Crippen MR) is 147 cm³/mol. The van der Waals surface area contributed by atoms with Crippen molar-refractivity contribution in [3.05, 3.63) is 65.6 Å². The second kappa shape index (κ2) is 10.7. The highest BCUT2D eigenvalue weighted by Crippen LogP contribution is 2.33. The molecule has 4 aromatic heterocycles. The summed E-state index contributed by atoms with van der Waals surface area (Å²) in [5, 5.41) is 0.561. The van der Waals surface area contributed by atoms with Gasteiger partial charge < -0.3 is 15.2 Å². The molecule has 2 aliphatic heterocycles. The van der Waals surface area contributed by atoms with Crippen molar-refractivity contribution in [1.29, 1.82) is 0 Å². The number of halogens is 1. The molecule has 0 saturated carbocycles. The van der Waals surface area contributed by atoms with Crippen molar-refractivity contribution in [1.82, 2.24) is 34.3 Å². The maximum Gasteiger partial charge on any atom is 0.225 e. The zero-order valence-electron chi connectivity index (χ0n) is 21.2. The van der Waals surface area contributed by atoms with E-state index in [1.807, 2.05) is 36.4 Å². The summed E-state index contributed by atoms with van der Waals surface area (Å²) in [7, 11) is 0. The molecule has 6 rings (SSSR count). The van der Waals surface area contributed by atoms with Crippen LogP contribution < -0.4 is 5.73 Å². The molecule has 9 nitrogen and oxygen atoms in total. The minimum atomic E-state index is 0.0901. The number of fused-ring (bicyclic) bond motifs is 1. The lowest BCUT2D eigenvalue weighted by atomic mass is 9.93. The van der Waals surface area contributed by atoms with Crippen molar-refractivity contribution in [2.45, 2.75) is 38.3 Å². The average Bonchev–Trinajstić information content (AvgIpc) is 3.32. The Morgan fingerprint density at radius 2 is 1.79 bits per heavy atom. The number of nitrogen functional groups attached to an aromatic ring is 1. The molecule has 38 heavy (non-hydrogen) atoms. The Balaban J connectivity index is 1.11. The Labute approximate surface area is 226 Å². The van der Waals surface area contributed by atoms with Crippen LogP contribution in [0.5, 0.6) is 0 Å². The number of imidazole rings is 1. The SMILES string of the molecule is Nc1cc(CN2CCC(C(=O)N3CCC(n4c(-c5ccccn5)nc5cc(Cl)cnc54)CC3)CC2)ccn1. The van der Waals surface area contributed by atoms with Crippen LogP contribution in [0.3, 0.4) is 0 Å². The molecule has 2 aliphatic rings. The van der Waals surface area contributed by atoms with Gasteiger partial charge in [0.25, 0.3) is 0 Å². The zero-order chi connectivity index (χ0) is 26.1. The van der Waals surface area contributed by atoms with Crippen LogP contribution in [0.15, 0.2) is 55.0 Å². The Hall–Kier alpha value is -3.56. The Kier molecular flexibility index (Phi) is 6.95. The molecule has 0 atom stereocenters. The van der Waals surface area contributed by atoms with E-state index in [9.17, 15) is 4.79 Å². The van der Waals surface area contributed by atoms with Crippen LogP contribution in [0.25, 0.3) is 22.7 Å². The summed E-state index contributed by atoms with van der Waals surface area (Å²) in [5.74, 6) is 1.73. The summed E-state index contributed by atoms with van der Waals surface area (Å²) in [4.78, 5) is 36.0. The topological polar surface area (TPSA) is 106 Å². The van der Waals surface area contributed by atoms with Crippen LogP contribution in [0.1, 0.15) is 37.3 Å². The fourth-order valence-corrected chi connectivity index (χ4v) is 5.92. The summed E-state index contributed by atoms with van der Waals surface area (Å²) in [6, 6.07) is 11.8. The standard InChI is InChI=1S/C28H31ClN8O/c29-21-16-24-26(33-17-21)37(27(34-24)23-3-1-2-9-31-23)22-7-13-36(14-8-22)28(38)20-5-11-35(12-6-20)18-19-4-10-32-25(30)15-19/h1-4,9-10,15-17,20,22H,5-8,11-14,18H2,(H2,30,32). The lowest BCUT2D eigenvalue weighted by Crippen LogP contribution is -2.45. The van der Waals surface area contributed by atoms with E-state index in [1.165, 1.54) is 5.56 Å². The first-order chi connectivity index (χ1) is 18.5. The molecule has 2 fully saturated rings. The molecule has 1 amide bonds. The largest absolute Gasteiger partial charge is 0.384 e. The fourth-order valence-electron chi connectivity index (χ4n) is 5.77. The molecule has 0 spiro atoms. The second-order valence-corrected chi connectivity index (χ2v) is 10.6. The molecular formula is C28H31ClN8O. The van der Waals surface area contributed by atoms with Gasteiger partial charge in [-0.1, -0.05) is 17.7 Å². The summed E-state index contributed by atoms with van der Waals surface area (Å²) in [6.07, 6.45) is 8.67. The highest BCUT2D eigenvalue weighted by atomic mass is 35.5. The van der Waals surface area contributed by atoms with Crippen LogP contribution in [-0.2, 0) is 11.3 Å². The van der Waals surface area contributed by atoms with Gasteiger partial charge in [0.05, 0.1) is 5.02 Å². The first-order valence-electron chi connectivity index (χ1n) is 13.2. The molecule has 0 aromatic carbocycles. The predicted octanol–water partition coefficient (Wildman–Crippen LogP) is 4.20. The molecule has 2 N–H and O–H groups in total. The van der Waals surface area contributed by atoms with Crippen LogP contribution in [0, 0.1) is 5.92 Å². The number of rotatable bonds is 5. The fraction of sp³-hybridized carbons (Fsp3) is 0.393. The van der Waals surface area contributed by atoms with Gasteiger partial charge in [0.1, 0.15) is 17.0 Å². The Morgan fingerprint density at radius 1 is 0.974 bits per heavy atom. The number of amides is 1. The first-order valence-corrected chi connectivity index (χ1v) is 13.6. The molecule has 6 heterocycles. The number of aromatic nitrogens is 5. The molecule has 0 bridgehead atoms. The molecule has 2 saturated heterocycles. The van der Waals surface area contributed by atoms with Gasteiger partial charge >= 0.3 is 0 Å².